The lowest BCUT2D eigenvalue weighted by atomic mass is 10.0. The van der Waals surface area contributed by atoms with Crippen LogP contribution in [0, 0.1) is 6.92 Å². The van der Waals surface area contributed by atoms with E-state index in [-0.39, 0.29) is 55.2 Å². The van der Waals surface area contributed by atoms with Crippen LogP contribution < -0.4 is 10.6 Å². The first kappa shape index (κ1) is 25.5. The Balaban J connectivity index is 1.28. The predicted molar refractivity (Wildman–Crippen MR) is 127 cm³/mol. The van der Waals surface area contributed by atoms with Gasteiger partial charge >= 0.3 is 0 Å². The first-order valence-electron chi connectivity index (χ1n) is 11.3. The van der Waals surface area contributed by atoms with Crippen LogP contribution in [0.25, 0.3) is 0 Å². The van der Waals surface area contributed by atoms with Crippen molar-refractivity contribution in [1.29, 1.82) is 0 Å². The van der Waals surface area contributed by atoms with Gasteiger partial charge in [-0.25, -0.2) is 0 Å². The highest BCUT2D eigenvalue weighted by atomic mass is 32.2. The number of hydrogen-bond acceptors (Lipinski definition) is 9. The number of fused-ring (bicyclic) bond motifs is 1. The minimum atomic E-state index is -3.88. The minimum absolute atomic E-state index is 0.0281. The fourth-order valence-electron chi connectivity index (χ4n) is 4.06. The molecular formula is C24H25N3O8S. The van der Waals surface area contributed by atoms with Gasteiger partial charge in [-0.05, 0) is 43.2 Å². The molecule has 2 aliphatic rings. The number of benzene rings is 2. The lowest BCUT2D eigenvalue weighted by Crippen LogP contribution is -2.54. The van der Waals surface area contributed by atoms with Gasteiger partial charge in [0.25, 0.3) is 21.9 Å². The van der Waals surface area contributed by atoms with Crippen LogP contribution in [-0.2, 0) is 28.6 Å². The van der Waals surface area contributed by atoms with E-state index in [1.54, 1.807) is 31.2 Å². The maximum Gasteiger partial charge on any atom is 0.297 e. The van der Waals surface area contributed by atoms with Crippen molar-refractivity contribution in [1.82, 2.24) is 10.2 Å². The van der Waals surface area contributed by atoms with Gasteiger partial charge in [0.1, 0.15) is 6.04 Å². The number of carbonyl (C=O) groups is 4. The van der Waals surface area contributed by atoms with E-state index in [9.17, 15) is 27.6 Å². The molecule has 1 atom stereocenters. The quantitative estimate of drug-likeness (QED) is 0.271. The molecule has 36 heavy (non-hydrogen) atoms. The number of hydrogen-bond donors (Lipinski definition) is 2. The number of anilines is 1. The number of rotatable bonds is 10. The highest BCUT2D eigenvalue weighted by Crippen LogP contribution is 2.32. The van der Waals surface area contributed by atoms with Crippen LogP contribution in [0.3, 0.4) is 0 Å². The summed E-state index contributed by atoms with van der Waals surface area (Å²) in [5.74, 6) is -2.30. The van der Waals surface area contributed by atoms with Crippen molar-refractivity contribution in [3.63, 3.8) is 0 Å². The van der Waals surface area contributed by atoms with E-state index in [4.69, 9.17) is 8.92 Å². The number of nitrogens with one attached hydrogen (secondary N) is 2. The van der Waals surface area contributed by atoms with Crippen LogP contribution in [0.5, 0.6) is 0 Å². The number of piperidine rings is 1. The second-order valence-electron chi connectivity index (χ2n) is 8.31. The molecule has 0 bridgehead atoms. The van der Waals surface area contributed by atoms with E-state index in [1.807, 2.05) is 0 Å². The number of ether oxygens (including phenoxy) is 1. The van der Waals surface area contributed by atoms with E-state index in [0.29, 0.717) is 5.69 Å². The van der Waals surface area contributed by atoms with Crippen LogP contribution >= 0.6 is 0 Å². The Morgan fingerprint density at radius 1 is 1.03 bits per heavy atom. The van der Waals surface area contributed by atoms with Gasteiger partial charge in [-0.3, -0.25) is 33.6 Å². The molecule has 11 nitrogen and oxygen atoms in total. The third kappa shape index (κ3) is 5.30. The van der Waals surface area contributed by atoms with Crippen LogP contribution in [0.1, 0.15) is 39.1 Å². The zero-order valence-electron chi connectivity index (χ0n) is 19.5. The van der Waals surface area contributed by atoms with Gasteiger partial charge < -0.3 is 10.1 Å². The molecule has 0 aliphatic carbocycles. The summed E-state index contributed by atoms with van der Waals surface area (Å²) in [4.78, 5) is 50.5. The van der Waals surface area contributed by atoms with Crippen molar-refractivity contribution in [3.8, 4) is 0 Å². The highest BCUT2D eigenvalue weighted by molar-refractivity contribution is 7.86. The first-order chi connectivity index (χ1) is 17.2. The molecule has 2 aromatic carbocycles. The van der Waals surface area contributed by atoms with Crippen molar-refractivity contribution in [2.45, 2.75) is 30.7 Å². The van der Waals surface area contributed by atoms with Gasteiger partial charge in [-0.15, -0.1) is 0 Å². The summed E-state index contributed by atoms with van der Waals surface area (Å²) in [6, 6.07) is 10.1. The molecule has 4 amide bonds. The van der Waals surface area contributed by atoms with Crippen LogP contribution in [-0.4, -0.2) is 69.4 Å². The van der Waals surface area contributed by atoms with Crippen molar-refractivity contribution >= 4 is 39.4 Å². The first-order valence-corrected chi connectivity index (χ1v) is 12.7. The average Bonchev–Trinajstić information content (AvgIpc) is 3.09. The summed E-state index contributed by atoms with van der Waals surface area (Å²) < 4.78 is 34.8. The average molecular weight is 516 g/mol. The zero-order chi connectivity index (χ0) is 25.9. The number of amides is 4. The largest absolute Gasteiger partial charge is 0.382 e. The molecule has 1 unspecified atom stereocenters. The van der Waals surface area contributed by atoms with E-state index in [1.165, 1.54) is 18.2 Å². The third-order valence-electron chi connectivity index (χ3n) is 5.77. The van der Waals surface area contributed by atoms with Crippen molar-refractivity contribution in [3.05, 3.63) is 59.2 Å². The summed E-state index contributed by atoms with van der Waals surface area (Å²) in [6.45, 7) is 2.09. The lowest BCUT2D eigenvalue weighted by molar-refractivity contribution is -0.136. The predicted octanol–water partition coefficient (Wildman–Crippen LogP) is 1.23. The number of nitrogens with zero attached hydrogens (tertiary/aromatic N) is 1. The number of aryl methyl sites for hydroxylation is 1. The lowest BCUT2D eigenvalue weighted by Gasteiger charge is -2.27. The summed E-state index contributed by atoms with van der Waals surface area (Å²) in [7, 11) is -3.88. The smallest absolute Gasteiger partial charge is 0.297 e. The molecule has 0 radical (unpaired) electrons. The van der Waals surface area contributed by atoms with Gasteiger partial charge in [-0.1, -0.05) is 18.2 Å². The summed E-state index contributed by atoms with van der Waals surface area (Å²) in [6.07, 6.45) is 0.122. The van der Waals surface area contributed by atoms with E-state index >= 15 is 0 Å². The Morgan fingerprint density at radius 2 is 1.81 bits per heavy atom. The molecule has 190 valence electrons. The molecule has 1 fully saturated rings. The van der Waals surface area contributed by atoms with Crippen molar-refractivity contribution < 1.29 is 36.5 Å². The summed E-state index contributed by atoms with van der Waals surface area (Å²) in [5, 5.41) is 5.20. The molecule has 4 rings (SSSR count). The maximum absolute atomic E-state index is 13.1. The molecule has 0 aromatic heterocycles. The molecule has 2 heterocycles. The molecule has 0 spiro atoms. The number of imide groups is 2. The van der Waals surface area contributed by atoms with E-state index < -0.39 is 39.8 Å². The van der Waals surface area contributed by atoms with E-state index in [0.717, 1.165) is 10.5 Å². The molecule has 0 saturated carbocycles. The molecule has 2 aliphatic heterocycles. The standard InChI is InChI=1S/C24H25N3O8S/c1-15-4-2-5-16(14-15)36(32,33)35-13-12-34-11-10-25-18-7-3-6-17-21(18)24(31)27(23(17)30)19-8-9-20(28)26-22(19)29/h2-7,14,19,25H,8-13H2,1H3,(H,26,28,29). The molecule has 1 saturated heterocycles. The Hall–Kier alpha value is -3.61. The van der Waals surface area contributed by atoms with Crippen LogP contribution in [0.4, 0.5) is 5.69 Å². The van der Waals surface area contributed by atoms with Crippen molar-refractivity contribution in [2.24, 2.45) is 0 Å². The fourth-order valence-corrected chi connectivity index (χ4v) is 5.06. The van der Waals surface area contributed by atoms with Crippen LogP contribution in [0.15, 0.2) is 47.4 Å². The van der Waals surface area contributed by atoms with E-state index in [2.05, 4.69) is 10.6 Å². The highest BCUT2D eigenvalue weighted by Gasteiger charge is 2.45. The van der Waals surface area contributed by atoms with Crippen LogP contribution in [0.2, 0.25) is 0 Å². The van der Waals surface area contributed by atoms with Gasteiger partial charge in [0, 0.05) is 18.7 Å². The van der Waals surface area contributed by atoms with Crippen molar-refractivity contribution in [2.75, 3.05) is 31.7 Å². The van der Waals surface area contributed by atoms with Gasteiger partial charge in [0.2, 0.25) is 11.8 Å². The minimum Gasteiger partial charge on any atom is -0.382 e. The monoisotopic (exact) mass is 515 g/mol. The second-order valence-corrected chi connectivity index (χ2v) is 9.92. The normalized spacial score (nSPS) is 17.8. The van der Waals surface area contributed by atoms with Gasteiger partial charge in [0.15, 0.2) is 0 Å². The maximum atomic E-state index is 13.1. The second kappa shape index (κ2) is 10.6. The SMILES string of the molecule is Cc1cccc(S(=O)(=O)OCCOCCNc2cccc3c2C(=O)N(C2CCC(=O)NC2=O)C3=O)c1. The molecule has 12 heteroatoms. The molecular weight excluding hydrogens is 490 g/mol. The summed E-state index contributed by atoms with van der Waals surface area (Å²) in [5.41, 5.74) is 1.53. The van der Waals surface area contributed by atoms with Gasteiger partial charge in [0.05, 0.1) is 35.8 Å². The Bertz CT molecular complexity index is 1320. The molecule has 2 N–H and O–H groups in total. The van der Waals surface area contributed by atoms with Gasteiger partial charge in [-0.2, -0.15) is 8.42 Å². The Morgan fingerprint density at radius 3 is 2.56 bits per heavy atom. The number of carbonyl (C=O) groups excluding carboxylic acids is 4. The zero-order valence-corrected chi connectivity index (χ0v) is 20.3. The summed E-state index contributed by atoms with van der Waals surface area (Å²) >= 11 is 0. The molecule has 2 aromatic rings. The Kier molecular flexibility index (Phi) is 7.48. The third-order valence-corrected chi connectivity index (χ3v) is 7.08. The fraction of sp³-hybridized carbons (Fsp3) is 0.333. The Labute approximate surface area is 207 Å². The topological polar surface area (TPSA) is 148 Å².